The number of aryl methyl sites for hydroxylation is 1. The van der Waals surface area contributed by atoms with Crippen molar-refractivity contribution in [3.05, 3.63) is 100 Å². The molecule has 0 aromatic heterocycles. The van der Waals surface area contributed by atoms with Crippen LogP contribution in [-0.2, 0) is 27.6 Å². The van der Waals surface area contributed by atoms with Crippen LogP contribution < -0.4 is 10.6 Å². The molecule has 0 aliphatic carbocycles. The summed E-state index contributed by atoms with van der Waals surface area (Å²) in [5, 5.41) is 16.4. The lowest BCUT2D eigenvalue weighted by molar-refractivity contribution is -0.135. The number of halogens is 3. The summed E-state index contributed by atoms with van der Waals surface area (Å²) in [6.45, 7) is 7.09. The quantitative estimate of drug-likeness (QED) is 0.138. The Bertz CT molecular complexity index is 1620. The van der Waals surface area contributed by atoms with Crippen LogP contribution in [0.15, 0.2) is 66.7 Å². The van der Waals surface area contributed by atoms with E-state index < -0.39 is 62.5 Å². The van der Waals surface area contributed by atoms with Gasteiger partial charge in [0.15, 0.2) is 9.84 Å². The van der Waals surface area contributed by atoms with E-state index in [1.165, 1.54) is 17.0 Å². The van der Waals surface area contributed by atoms with Crippen molar-refractivity contribution in [1.82, 2.24) is 10.2 Å². The van der Waals surface area contributed by atoms with E-state index in [0.29, 0.717) is 30.7 Å². The van der Waals surface area contributed by atoms with Crippen LogP contribution in [0.5, 0.6) is 0 Å². The van der Waals surface area contributed by atoms with Crippen LogP contribution in [0, 0.1) is 11.6 Å². The van der Waals surface area contributed by atoms with Crippen LogP contribution in [-0.4, -0.2) is 66.0 Å². The predicted octanol–water partition coefficient (Wildman–Crippen LogP) is 6.55. The Morgan fingerprint density at radius 2 is 1.54 bits per heavy atom. The molecule has 3 aromatic carbocycles. The van der Waals surface area contributed by atoms with Gasteiger partial charge in [0, 0.05) is 35.4 Å². The molecule has 8 nitrogen and oxygen atoms in total. The fourth-order valence-corrected chi connectivity index (χ4v) is 7.91. The van der Waals surface area contributed by atoms with Crippen molar-refractivity contribution >= 4 is 38.9 Å². The van der Waals surface area contributed by atoms with E-state index in [1.54, 1.807) is 19.1 Å². The summed E-state index contributed by atoms with van der Waals surface area (Å²) in [7, 11) is -3.87. The molecule has 0 fully saturated rings. The first kappa shape index (κ1) is 38.9. The highest BCUT2D eigenvalue weighted by molar-refractivity contribution is 7.92. The number of carbonyl (C=O) groups excluding carboxylic acids is 2. The third-order valence-electron chi connectivity index (χ3n) is 8.14. The summed E-state index contributed by atoms with van der Waals surface area (Å²) < 4.78 is 55.3. The molecule has 0 aliphatic rings. The van der Waals surface area contributed by atoms with Gasteiger partial charge in [-0.2, -0.15) is 0 Å². The second-order valence-electron chi connectivity index (χ2n) is 12.1. The summed E-state index contributed by atoms with van der Waals surface area (Å²) in [5.41, 5.74) is 2.00. The average molecular weight is 706 g/mol. The summed E-state index contributed by atoms with van der Waals surface area (Å²) in [5.74, 6) is -3.61. The lowest BCUT2D eigenvalue weighted by atomic mass is 10.1. The first-order chi connectivity index (χ1) is 22.8. The maximum atomic E-state index is 14.4. The second-order valence-corrected chi connectivity index (χ2v) is 14.9. The van der Waals surface area contributed by atoms with Crippen LogP contribution in [0.2, 0.25) is 5.02 Å². The van der Waals surface area contributed by atoms with Crippen molar-refractivity contribution in [3.63, 3.8) is 0 Å². The third kappa shape index (κ3) is 11.6. The van der Waals surface area contributed by atoms with E-state index >= 15 is 0 Å². The summed E-state index contributed by atoms with van der Waals surface area (Å²) in [6.07, 6.45) is 1.56. The molecule has 0 saturated heterocycles. The molecule has 3 atom stereocenters. The molecule has 0 spiro atoms. The van der Waals surface area contributed by atoms with E-state index in [4.69, 9.17) is 11.6 Å². The molecule has 2 amide bonds. The number of aliphatic hydroxyl groups excluding tert-OH is 1. The molecule has 3 N–H and O–H groups in total. The summed E-state index contributed by atoms with van der Waals surface area (Å²) >= 11 is 6.11. The minimum absolute atomic E-state index is 0.00196. The number of benzene rings is 3. The molecule has 0 radical (unpaired) electrons. The Kier molecular flexibility index (Phi) is 14.8. The molecule has 0 aliphatic heterocycles. The highest BCUT2D eigenvalue weighted by Crippen LogP contribution is 2.20. The van der Waals surface area contributed by atoms with E-state index in [0.717, 1.165) is 35.7 Å². The van der Waals surface area contributed by atoms with Gasteiger partial charge in [0.05, 0.1) is 23.1 Å². The molecule has 0 saturated carbocycles. The van der Waals surface area contributed by atoms with Gasteiger partial charge in [0.25, 0.3) is 5.91 Å². The highest BCUT2D eigenvalue weighted by Gasteiger charge is 2.35. The number of aliphatic hydroxyl groups is 1. The number of amides is 2. The van der Waals surface area contributed by atoms with Crippen molar-refractivity contribution in [2.24, 2.45) is 0 Å². The van der Waals surface area contributed by atoms with Gasteiger partial charge >= 0.3 is 0 Å². The first-order valence-corrected chi connectivity index (χ1v) is 18.4. The smallest absolute Gasteiger partial charge is 0.252 e. The Labute approximate surface area is 287 Å². The maximum Gasteiger partial charge on any atom is 0.252 e. The molecule has 0 bridgehead atoms. The Morgan fingerprint density at radius 1 is 0.917 bits per heavy atom. The van der Waals surface area contributed by atoms with Gasteiger partial charge in [-0.05, 0) is 67.6 Å². The van der Waals surface area contributed by atoms with Crippen LogP contribution in [0.4, 0.5) is 14.5 Å². The number of nitrogens with zero attached hydrogens (tertiary/aromatic N) is 1. The number of hydrogen-bond donors (Lipinski definition) is 3. The van der Waals surface area contributed by atoms with Gasteiger partial charge < -0.3 is 20.6 Å². The van der Waals surface area contributed by atoms with Gasteiger partial charge in [0.1, 0.15) is 17.7 Å². The molecule has 262 valence electrons. The van der Waals surface area contributed by atoms with E-state index in [-0.39, 0.29) is 24.3 Å². The van der Waals surface area contributed by atoms with Crippen LogP contribution in [0.1, 0.15) is 74.9 Å². The minimum atomic E-state index is -3.87. The number of hydrogen-bond acceptors (Lipinski definition) is 6. The SMILES string of the molecule is CCCC(CCC)S(=O)(=O)CC(NC(=O)c1cccc(Cl)c1)C(=O)N(Cc1cccc(CC)c1)C[C@@H](O)[C@@H](C)Nc1cc(F)cc(F)c1. The Balaban J connectivity index is 2.00. The summed E-state index contributed by atoms with van der Waals surface area (Å²) in [4.78, 5) is 29.2. The predicted molar refractivity (Wildman–Crippen MR) is 187 cm³/mol. The van der Waals surface area contributed by atoms with Crippen molar-refractivity contribution in [1.29, 1.82) is 0 Å². The molecule has 1 unspecified atom stereocenters. The largest absolute Gasteiger partial charge is 0.389 e. The van der Waals surface area contributed by atoms with Crippen molar-refractivity contribution in [2.45, 2.75) is 89.8 Å². The fourth-order valence-electron chi connectivity index (χ4n) is 5.56. The third-order valence-corrected chi connectivity index (χ3v) is 10.7. The van der Waals surface area contributed by atoms with E-state index in [2.05, 4.69) is 10.6 Å². The van der Waals surface area contributed by atoms with Crippen molar-refractivity contribution in [3.8, 4) is 0 Å². The maximum absolute atomic E-state index is 14.4. The van der Waals surface area contributed by atoms with Crippen LogP contribution in [0.3, 0.4) is 0 Å². The zero-order valence-electron chi connectivity index (χ0n) is 27.9. The number of nitrogens with one attached hydrogen (secondary N) is 2. The van der Waals surface area contributed by atoms with E-state index in [9.17, 15) is 31.9 Å². The summed E-state index contributed by atoms with van der Waals surface area (Å²) in [6, 6.07) is 14.2. The van der Waals surface area contributed by atoms with Gasteiger partial charge in [-0.3, -0.25) is 9.59 Å². The Morgan fingerprint density at radius 3 is 2.15 bits per heavy atom. The topological polar surface area (TPSA) is 116 Å². The Hall–Kier alpha value is -3.54. The van der Waals surface area contributed by atoms with Gasteiger partial charge in [-0.15, -0.1) is 0 Å². The van der Waals surface area contributed by atoms with Crippen molar-refractivity contribution in [2.75, 3.05) is 17.6 Å². The van der Waals surface area contributed by atoms with Gasteiger partial charge in [0.2, 0.25) is 5.91 Å². The fraction of sp³-hybridized carbons (Fsp3) is 0.444. The van der Waals surface area contributed by atoms with E-state index in [1.807, 2.05) is 45.0 Å². The normalized spacial score (nSPS) is 13.5. The van der Waals surface area contributed by atoms with Gasteiger partial charge in [-0.25, -0.2) is 17.2 Å². The molecular weight excluding hydrogens is 660 g/mol. The monoisotopic (exact) mass is 705 g/mol. The van der Waals surface area contributed by atoms with Crippen molar-refractivity contribution < 1.29 is 31.9 Å². The molecule has 0 heterocycles. The standard InChI is InChI=1S/C36H46ClF2N3O5S/c1-5-10-32(11-6-2)48(46,47)23-33(41-35(44)27-14-9-15-28(37)17-27)36(45)42(21-26-13-8-12-25(7-3)16-26)22-34(43)24(4)40-31-19-29(38)18-30(39)20-31/h8-9,12-20,24,32-34,40,43H,5-7,10-11,21-23H2,1-4H3,(H,41,44)/t24-,33?,34-/m1/s1. The minimum Gasteiger partial charge on any atom is -0.389 e. The second kappa shape index (κ2) is 18.3. The lowest BCUT2D eigenvalue weighted by Crippen LogP contribution is -2.54. The zero-order valence-corrected chi connectivity index (χ0v) is 29.5. The number of anilines is 1. The van der Waals surface area contributed by atoms with Crippen LogP contribution >= 0.6 is 11.6 Å². The average Bonchev–Trinajstić information content (AvgIpc) is 3.03. The molecular formula is C36H46ClF2N3O5S. The van der Waals surface area contributed by atoms with Crippen LogP contribution in [0.25, 0.3) is 0 Å². The zero-order chi connectivity index (χ0) is 35.4. The van der Waals surface area contributed by atoms with Gasteiger partial charge in [-0.1, -0.05) is 75.5 Å². The highest BCUT2D eigenvalue weighted by atomic mass is 35.5. The lowest BCUT2D eigenvalue weighted by Gasteiger charge is -2.32. The number of carbonyl (C=O) groups is 2. The molecule has 12 heteroatoms. The molecule has 3 rings (SSSR count). The molecule has 3 aromatic rings. The number of rotatable bonds is 18. The number of sulfone groups is 1. The molecule has 48 heavy (non-hydrogen) atoms. The first-order valence-electron chi connectivity index (χ1n) is 16.3.